The highest BCUT2D eigenvalue weighted by Gasteiger charge is 2.41. The molecule has 0 amide bonds. The Balaban J connectivity index is 1.35. The zero-order valence-corrected chi connectivity index (χ0v) is 15.8. The first-order valence-electron chi connectivity index (χ1n) is 9.43. The van der Waals surface area contributed by atoms with Gasteiger partial charge in [0.25, 0.3) is 0 Å². The number of hydrogen-bond donors (Lipinski definition) is 1. The third-order valence-electron chi connectivity index (χ3n) is 5.51. The Labute approximate surface area is 158 Å². The van der Waals surface area contributed by atoms with E-state index in [4.69, 9.17) is 0 Å². The van der Waals surface area contributed by atoms with Gasteiger partial charge in [-0.2, -0.15) is 9.40 Å². The van der Waals surface area contributed by atoms with Crippen LogP contribution in [0.3, 0.4) is 0 Å². The largest absolute Gasteiger partial charge is 0.354 e. The van der Waals surface area contributed by atoms with Crippen molar-refractivity contribution in [2.75, 3.05) is 31.1 Å². The number of piperazine rings is 1. The van der Waals surface area contributed by atoms with Gasteiger partial charge in [0.2, 0.25) is 10.0 Å². The molecule has 0 atom stereocenters. The van der Waals surface area contributed by atoms with Gasteiger partial charge in [-0.05, 0) is 31.8 Å². The van der Waals surface area contributed by atoms with Gasteiger partial charge in [0.05, 0.1) is 16.6 Å². The van der Waals surface area contributed by atoms with Crippen molar-refractivity contribution in [2.24, 2.45) is 0 Å². The summed E-state index contributed by atoms with van der Waals surface area (Å²) in [6.45, 7) is 2.31. The van der Waals surface area contributed by atoms with E-state index in [9.17, 15) is 8.42 Å². The molecule has 1 aliphatic heterocycles. The van der Waals surface area contributed by atoms with Crippen LogP contribution in [-0.2, 0) is 16.4 Å². The van der Waals surface area contributed by atoms with E-state index in [1.165, 1.54) is 5.56 Å². The van der Waals surface area contributed by atoms with E-state index in [1.54, 1.807) is 10.6 Å². The molecule has 0 radical (unpaired) electrons. The molecular weight excluding hydrogens is 364 g/mol. The maximum Gasteiger partial charge on any atom is 0.217 e. The number of sulfonamides is 1. The summed E-state index contributed by atoms with van der Waals surface area (Å²) in [7, 11) is -3.10. The van der Waals surface area contributed by atoms with Crippen LogP contribution in [0.1, 0.15) is 30.5 Å². The molecule has 3 heterocycles. The fraction of sp³-hybridized carbons (Fsp3) is 0.500. The molecule has 2 aliphatic carbocycles. The van der Waals surface area contributed by atoms with E-state index in [0.29, 0.717) is 26.2 Å². The lowest BCUT2D eigenvalue weighted by Gasteiger charge is -2.34. The Hall–Kier alpha value is -2.26. The first-order chi connectivity index (χ1) is 13.1. The Morgan fingerprint density at radius 3 is 2.70 bits per heavy atom. The first-order valence-corrected chi connectivity index (χ1v) is 10.9. The number of fused-ring (bicyclic) bond motifs is 1. The molecule has 2 aromatic rings. The Bertz CT molecular complexity index is 987. The summed E-state index contributed by atoms with van der Waals surface area (Å²) in [5.41, 5.74) is 3.94. The van der Waals surface area contributed by atoms with Crippen LogP contribution in [0.2, 0.25) is 0 Å². The highest BCUT2D eigenvalue weighted by molar-refractivity contribution is 7.90. The van der Waals surface area contributed by atoms with Gasteiger partial charge in [-0.3, -0.25) is 5.10 Å². The third-order valence-corrected chi connectivity index (χ3v) is 7.91. The van der Waals surface area contributed by atoms with E-state index in [2.05, 4.69) is 37.2 Å². The number of anilines is 1. The van der Waals surface area contributed by atoms with Crippen LogP contribution in [-0.4, -0.2) is 64.3 Å². The highest BCUT2D eigenvalue weighted by Crippen LogP contribution is 2.32. The second kappa shape index (κ2) is 6.42. The number of nitrogens with zero attached hydrogens (tertiary/aromatic N) is 5. The fourth-order valence-electron chi connectivity index (χ4n) is 3.81. The Morgan fingerprint density at radius 2 is 1.93 bits per heavy atom. The molecule has 9 heteroatoms. The molecule has 0 unspecified atom stereocenters. The number of nitrogens with one attached hydrogen (secondary N) is 1. The molecule has 27 heavy (non-hydrogen) atoms. The van der Waals surface area contributed by atoms with Crippen molar-refractivity contribution >= 4 is 21.9 Å². The summed E-state index contributed by atoms with van der Waals surface area (Å²) in [5.74, 6) is 0.826. The van der Waals surface area contributed by atoms with Crippen molar-refractivity contribution in [3.05, 3.63) is 29.7 Å². The lowest BCUT2D eigenvalue weighted by atomic mass is 10.0. The zero-order valence-electron chi connectivity index (χ0n) is 15.0. The monoisotopic (exact) mass is 386 g/mol. The van der Waals surface area contributed by atoms with E-state index >= 15 is 0 Å². The zero-order chi connectivity index (χ0) is 18.4. The number of allylic oxidation sites excluding steroid dienone is 1. The molecule has 0 bridgehead atoms. The first kappa shape index (κ1) is 16.9. The van der Waals surface area contributed by atoms with Crippen LogP contribution in [0.15, 0.2) is 18.5 Å². The SMILES string of the molecule is O=S(=O)(C1CC1)N1CCN(c2cc(-c3n[nH]c4c3CCC=C4)ncn2)CC1. The van der Waals surface area contributed by atoms with Gasteiger partial charge in [0, 0.05) is 37.8 Å². The molecule has 5 rings (SSSR count). The standard InChI is InChI=1S/C18H22N6O2S/c25-27(26,13-5-6-13)24-9-7-23(8-10-24)17-11-16(19-12-20-17)18-14-3-1-2-4-15(14)21-22-18/h2,4,11-13H,1,3,5-10H2,(H,21,22). The molecule has 1 saturated carbocycles. The van der Waals surface area contributed by atoms with Gasteiger partial charge in [0.1, 0.15) is 17.8 Å². The molecule has 1 N–H and O–H groups in total. The average molecular weight is 386 g/mol. The maximum absolute atomic E-state index is 12.4. The molecule has 142 valence electrons. The van der Waals surface area contributed by atoms with Gasteiger partial charge >= 0.3 is 0 Å². The predicted octanol–water partition coefficient (Wildman–Crippen LogP) is 1.44. The van der Waals surface area contributed by atoms with Gasteiger partial charge in [-0.25, -0.2) is 18.4 Å². The van der Waals surface area contributed by atoms with Crippen LogP contribution < -0.4 is 4.90 Å². The average Bonchev–Trinajstić information content (AvgIpc) is 3.49. The topological polar surface area (TPSA) is 95.1 Å². The van der Waals surface area contributed by atoms with Crippen molar-refractivity contribution in [1.29, 1.82) is 0 Å². The van der Waals surface area contributed by atoms with Crippen molar-refractivity contribution in [3.63, 3.8) is 0 Å². The normalized spacial score (nSPS) is 20.7. The smallest absolute Gasteiger partial charge is 0.217 e. The van der Waals surface area contributed by atoms with Gasteiger partial charge in [0.15, 0.2) is 0 Å². The van der Waals surface area contributed by atoms with Crippen molar-refractivity contribution < 1.29 is 8.42 Å². The molecule has 2 fully saturated rings. The molecule has 1 saturated heterocycles. The third kappa shape index (κ3) is 3.04. The van der Waals surface area contributed by atoms with E-state index < -0.39 is 10.0 Å². The number of aromatic nitrogens is 4. The second-order valence-corrected chi connectivity index (χ2v) is 9.51. The Kier molecular flexibility index (Phi) is 4.01. The molecule has 8 nitrogen and oxygen atoms in total. The second-order valence-electron chi connectivity index (χ2n) is 7.30. The summed E-state index contributed by atoms with van der Waals surface area (Å²) >= 11 is 0. The van der Waals surface area contributed by atoms with Crippen LogP contribution in [0.4, 0.5) is 5.82 Å². The lowest BCUT2D eigenvalue weighted by molar-refractivity contribution is 0.383. The molecule has 3 aliphatic rings. The van der Waals surface area contributed by atoms with Gasteiger partial charge in [-0.1, -0.05) is 6.08 Å². The minimum absolute atomic E-state index is 0.144. The lowest BCUT2D eigenvalue weighted by Crippen LogP contribution is -2.49. The number of hydrogen-bond acceptors (Lipinski definition) is 6. The van der Waals surface area contributed by atoms with Crippen LogP contribution >= 0.6 is 0 Å². The van der Waals surface area contributed by atoms with Gasteiger partial charge < -0.3 is 4.90 Å². The van der Waals surface area contributed by atoms with Crippen LogP contribution in [0.25, 0.3) is 17.5 Å². The molecule has 0 aromatic carbocycles. The summed E-state index contributed by atoms with van der Waals surface area (Å²) in [6, 6.07) is 1.96. The molecule has 2 aromatic heterocycles. The highest BCUT2D eigenvalue weighted by atomic mass is 32.2. The van der Waals surface area contributed by atoms with Gasteiger partial charge in [-0.15, -0.1) is 0 Å². The maximum atomic E-state index is 12.4. The number of H-pyrrole nitrogens is 1. The fourth-order valence-corrected chi connectivity index (χ4v) is 5.63. The summed E-state index contributed by atoms with van der Waals surface area (Å²) in [6.07, 6.45) is 9.35. The Morgan fingerprint density at radius 1 is 1.11 bits per heavy atom. The minimum atomic E-state index is -3.10. The summed E-state index contributed by atoms with van der Waals surface area (Å²) < 4.78 is 26.4. The minimum Gasteiger partial charge on any atom is -0.354 e. The number of rotatable bonds is 4. The quantitative estimate of drug-likeness (QED) is 0.854. The summed E-state index contributed by atoms with van der Waals surface area (Å²) in [4.78, 5) is 11.0. The van der Waals surface area contributed by atoms with E-state index in [1.807, 2.05) is 6.07 Å². The van der Waals surface area contributed by atoms with Crippen molar-refractivity contribution in [2.45, 2.75) is 30.9 Å². The van der Waals surface area contributed by atoms with Crippen LogP contribution in [0, 0.1) is 0 Å². The summed E-state index contributed by atoms with van der Waals surface area (Å²) in [5, 5.41) is 7.39. The number of aromatic amines is 1. The van der Waals surface area contributed by atoms with Crippen molar-refractivity contribution in [1.82, 2.24) is 24.5 Å². The molecule has 0 spiro atoms. The van der Waals surface area contributed by atoms with E-state index in [0.717, 1.165) is 48.6 Å². The molecular formula is C18H22N6O2S. The van der Waals surface area contributed by atoms with E-state index in [-0.39, 0.29) is 5.25 Å². The van der Waals surface area contributed by atoms with Crippen molar-refractivity contribution in [3.8, 4) is 11.4 Å². The van der Waals surface area contributed by atoms with Crippen LogP contribution in [0.5, 0.6) is 0 Å². The predicted molar refractivity (Wildman–Crippen MR) is 103 cm³/mol.